The van der Waals surface area contributed by atoms with Crippen LogP contribution >= 0.6 is 7.60 Å². The molecule has 1 heterocycles. The summed E-state index contributed by atoms with van der Waals surface area (Å²) in [5, 5.41) is 6.72. The number of rotatable bonds is 11. The standard InChI is InChI=1S/C30H35N4O5P/c1-6-38-40(37,39-7-2)24-17-18-26-25(19-24)28(30(36)32-26)29(21-11-9-8-10-12-21)31-22-13-15-23(16-14-22)34(5)27(35)20-33(3)4/h8-19,31H,6-7,20H2,1-5H3,(H,32,36)/b29-28-. The van der Waals surface area contributed by atoms with Crippen molar-refractivity contribution in [2.75, 3.05) is 56.4 Å². The Balaban J connectivity index is 1.77. The van der Waals surface area contributed by atoms with Crippen molar-refractivity contribution < 1.29 is 23.2 Å². The molecule has 0 unspecified atom stereocenters. The maximum Gasteiger partial charge on any atom is 0.361 e. The van der Waals surface area contributed by atoms with E-state index in [-0.39, 0.29) is 25.0 Å². The van der Waals surface area contributed by atoms with Crippen LogP contribution in [0.1, 0.15) is 25.0 Å². The van der Waals surface area contributed by atoms with Gasteiger partial charge in [0.15, 0.2) is 0 Å². The van der Waals surface area contributed by atoms with Crippen molar-refractivity contribution in [1.29, 1.82) is 0 Å². The van der Waals surface area contributed by atoms with Gasteiger partial charge in [0.05, 0.1) is 36.3 Å². The summed E-state index contributed by atoms with van der Waals surface area (Å²) < 4.78 is 24.6. The molecular weight excluding hydrogens is 527 g/mol. The Kier molecular flexibility index (Phi) is 9.22. The van der Waals surface area contributed by atoms with Gasteiger partial charge < -0.3 is 29.5 Å². The van der Waals surface area contributed by atoms with Crippen LogP contribution in [0.25, 0.3) is 11.3 Å². The van der Waals surface area contributed by atoms with Crippen LogP contribution in [0.2, 0.25) is 0 Å². The smallest absolute Gasteiger partial charge is 0.354 e. The van der Waals surface area contributed by atoms with Crippen molar-refractivity contribution in [3.63, 3.8) is 0 Å². The second-order valence-electron chi connectivity index (χ2n) is 9.50. The minimum absolute atomic E-state index is 0.0239. The molecule has 0 bridgehead atoms. The van der Waals surface area contributed by atoms with Crippen molar-refractivity contribution >= 4 is 53.0 Å². The minimum Gasteiger partial charge on any atom is -0.354 e. The van der Waals surface area contributed by atoms with Crippen molar-refractivity contribution in [2.24, 2.45) is 0 Å². The number of carbonyl (C=O) groups is 2. The lowest BCUT2D eigenvalue weighted by atomic mass is 10.00. The van der Waals surface area contributed by atoms with Gasteiger partial charge in [-0.1, -0.05) is 30.3 Å². The third-order valence-corrected chi connectivity index (χ3v) is 8.43. The Morgan fingerprint density at radius 2 is 1.57 bits per heavy atom. The van der Waals surface area contributed by atoms with Gasteiger partial charge in [-0.15, -0.1) is 0 Å². The van der Waals surface area contributed by atoms with E-state index in [1.807, 2.05) is 73.6 Å². The lowest BCUT2D eigenvalue weighted by Crippen LogP contribution is -2.34. The maximum absolute atomic E-state index is 13.5. The van der Waals surface area contributed by atoms with E-state index in [9.17, 15) is 14.2 Å². The molecule has 10 heteroatoms. The lowest BCUT2D eigenvalue weighted by molar-refractivity contribution is -0.119. The third kappa shape index (κ3) is 6.35. The first-order valence-corrected chi connectivity index (χ1v) is 14.6. The summed E-state index contributed by atoms with van der Waals surface area (Å²) in [7, 11) is 1.88. The van der Waals surface area contributed by atoms with Crippen molar-refractivity contribution in [1.82, 2.24) is 4.90 Å². The van der Waals surface area contributed by atoms with Crippen LogP contribution < -0.4 is 20.8 Å². The number of likely N-dealkylation sites (N-methyl/N-ethyl adjacent to an activating group) is 2. The van der Waals surface area contributed by atoms with E-state index in [4.69, 9.17) is 9.05 Å². The molecular formula is C30H35N4O5P. The first-order valence-electron chi connectivity index (χ1n) is 13.1. The number of carbonyl (C=O) groups excluding carboxylic acids is 2. The number of nitrogens with one attached hydrogen (secondary N) is 2. The summed E-state index contributed by atoms with van der Waals surface area (Å²) in [6.45, 7) is 4.26. The quantitative estimate of drug-likeness (QED) is 0.250. The topological polar surface area (TPSA) is 100 Å². The van der Waals surface area contributed by atoms with E-state index >= 15 is 0 Å². The highest BCUT2D eigenvalue weighted by Gasteiger charge is 2.33. The summed E-state index contributed by atoms with van der Waals surface area (Å²) in [5.41, 5.74) is 4.48. The zero-order valence-corrected chi connectivity index (χ0v) is 24.3. The Morgan fingerprint density at radius 3 is 2.17 bits per heavy atom. The van der Waals surface area contributed by atoms with E-state index in [1.165, 1.54) is 0 Å². The molecule has 0 aliphatic carbocycles. The summed E-state index contributed by atoms with van der Waals surface area (Å²) in [6, 6.07) is 22.0. The maximum atomic E-state index is 13.5. The van der Waals surface area contributed by atoms with Crippen LogP contribution in [0, 0.1) is 0 Å². The number of anilines is 3. The predicted molar refractivity (Wildman–Crippen MR) is 161 cm³/mol. The molecule has 0 spiro atoms. The number of fused-ring (bicyclic) bond motifs is 1. The van der Waals surface area contributed by atoms with Gasteiger partial charge in [0.2, 0.25) is 5.91 Å². The molecule has 1 aliphatic heterocycles. The van der Waals surface area contributed by atoms with Gasteiger partial charge in [0, 0.05) is 29.7 Å². The molecule has 3 aromatic carbocycles. The van der Waals surface area contributed by atoms with E-state index in [0.29, 0.717) is 34.4 Å². The van der Waals surface area contributed by atoms with Gasteiger partial charge in [-0.05, 0) is 76.0 Å². The molecule has 2 amide bonds. The van der Waals surface area contributed by atoms with Crippen molar-refractivity contribution in [3.05, 3.63) is 83.9 Å². The zero-order chi connectivity index (χ0) is 28.9. The molecule has 0 saturated heterocycles. The summed E-state index contributed by atoms with van der Waals surface area (Å²) >= 11 is 0. The average Bonchev–Trinajstić information content (AvgIpc) is 3.26. The molecule has 1 aliphatic rings. The molecule has 0 fully saturated rings. The largest absolute Gasteiger partial charge is 0.361 e. The molecule has 210 valence electrons. The Morgan fingerprint density at radius 1 is 0.925 bits per heavy atom. The average molecular weight is 563 g/mol. The monoisotopic (exact) mass is 562 g/mol. The summed E-state index contributed by atoms with van der Waals surface area (Å²) in [4.78, 5) is 29.3. The summed E-state index contributed by atoms with van der Waals surface area (Å²) in [5.74, 6) is -0.309. The van der Waals surface area contributed by atoms with Crippen molar-refractivity contribution in [3.8, 4) is 0 Å². The molecule has 2 N–H and O–H groups in total. The van der Waals surface area contributed by atoms with Gasteiger partial charge in [0.1, 0.15) is 0 Å². The van der Waals surface area contributed by atoms with Crippen LogP contribution in [0.3, 0.4) is 0 Å². The second-order valence-corrected chi connectivity index (χ2v) is 11.5. The van der Waals surface area contributed by atoms with Crippen LogP contribution in [-0.2, 0) is 23.2 Å². The molecule has 0 aromatic heterocycles. The van der Waals surface area contributed by atoms with Crippen LogP contribution in [0.15, 0.2) is 72.8 Å². The SMILES string of the molecule is CCOP(=O)(OCC)c1ccc2c(c1)/C(=C(/Nc1ccc(N(C)C(=O)CN(C)C)cc1)c1ccccc1)C(=O)N2. The number of nitrogens with zero attached hydrogens (tertiary/aromatic N) is 2. The van der Waals surface area contributed by atoms with Crippen LogP contribution in [0.5, 0.6) is 0 Å². The van der Waals surface area contributed by atoms with Gasteiger partial charge in [0.25, 0.3) is 5.91 Å². The fourth-order valence-electron chi connectivity index (χ4n) is 4.42. The molecule has 3 aromatic rings. The lowest BCUT2D eigenvalue weighted by Gasteiger charge is -2.21. The first-order chi connectivity index (χ1) is 19.2. The number of benzene rings is 3. The van der Waals surface area contributed by atoms with Gasteiger partial charge in [-0.3, -0.25) is 14.2 Å². The molecule has 9 nitrogen and oxygen atoms in total. The minimum atomic E-state index is -3.57. The van der Waals surface area contributed by atoms with Gasteiger partial charge in [-0.2, -0.15) is 0 Å². The highest BCUT2D eigenvalue weighted by molar-refractivity contribution is 7.62. The highest BCUT2D eigenvalue weighted by atomic mass is 31.2. The Bertz CT molecular complexity index is 1440. The third-order valence-electron chi connectivity index (χ3n) is 6.32. The number of hydrogen-bond donors (Lipinski definition) is 2. The van der Waals surface area contributed by atoms with E-state index < -0.39 is 7.60 Å². The van der Waals surface area contributed by atoms with E-state index in [2.05, 4.69) is 10.6 Å². The fourth-order valence-corrected chi connectivity index (χ4v) is 6.01. The summed E-state index contributed by atoms with van der Waals surface area (Å²) in [6.07, 6.45) is 0. The van der Waals surface area contributed by atoms with Crippen LogP contribution in [-0.4, -0.2) is 57.6 Å². The van der Waals surface area contributed by atoms with Crippen molar-refractivity contribution in [2.45, 2.75) is 13.8 Å². The molecule has 0 atom stereocenters. The Hall–Kier alpha value is -3.75. The van der Waals surface area contributed by atoms with E-state index in [0.717, 1.165) is 16.9 Å². The number of hydrogen-bond acceptors (Lipinski definition) is 7. The number of amides is 2. The molecule has 4 rings (SSSR count). The zero-order valence-electron chi connectivity index (χ0n) is 23.4. The molecule has 40 heavy (non-hydrogen) atoms. The van der Waals surface area contributed by atoms with Crippen LogP contribution in [0.4, 0.5) is 17.1 Å². The van der Waals surface area contributed by atoms with Gasteiger partial charge in [-0.25, -0.2) is 0 Å². The first kappa shape index (κ1) is 29.2. The highest BCUT2D eigenvalue weighted by Crippen LogP contribution is 2.48. The second kappa shape index (κ2) is 12.6. The normalized spacial score (nSPS) is 14.1. The Labute approximate surface area is 235 Å². The fraction of sp³-hybridized carbons (Fsp3) is 0.267. The van der Waals surface area contributed by atoms with E-state index in [1.54, 1.807) is 44.0 Å². The molecule has 0 saturated carbocycles. The molecule has 0 radical (unpaired) electrons. The van der Waals surface area contributed by atoms with Gasteiger partial charge >= 0.3 is 7.60 Å². The predicted octanol–water partition coefficient (Wildman–Crippen LogP) is 5.03.